The van der Waals surface area contributed by atoms with Gasteiger partial charge in [-0.1, -0.05) is 13.8 Å². The summed E-state index contributed by atoms with van der Waals surface area (Å²) in [4.78, 5) is 27.9. The number of hydrogen-bond donors (Lipinski definition) is 2. The second-order valence-electron chi connectivity index (χ2n) is 8.09. The molecule has 0 spiro atoms. The van der Waals surface area contributed by atoms with Crippen molar-refractivity contribution in [1.82, 2.24) is 10.2 Å². The number of carbonyl (C=O) groups is 2. The van der Waals surface area contributed by atoms with Crippen LogP contribution in [0, 0.1) is 18.8 Å². The molecule has 152 valence electrons. The van der Waals surface area contributed by atoms with Gasteiger partial charge in [0, 0.05) is 25.7 Å². The zero-order chi connectivity index (χ0) is 20.3. The van der Waals surface area contributed by atoms with Crippen molar-refractivity contribution in [3.63, 3.8) is 0 Å². The largest absolute Gasteiger partial charge is 0.459 e. The number of rotatable bonds is 6. The van der Waals surface area contributed by atoms with Crippen LogP contribution in [0.1, 0.15) is 53.0 Å². The van der Waals surface area contributed by atoms with Crippen LogP contribution in [-0.4, -0.2) is 42.4 Å². The quantitative estimate of drug-likeness (QED) is 0.765. The summed E-state index contributed by atoms with van der Waals surface area (Å²) in [5, 5.41) is 6.53. The van der Waals surface area contributed by atoms with Crippen molar-refractivity contribution in [2.24, 2.45) is 11.8 Å². The minimum absolute atomic E-state index is 0.0626. The lowest BCUT2D eigenvalue weighted by Gasteiger charge is -2.36. The number of amides is 2. The maximum absolute atomic E-state index is 12.7. The first-order valence-electron chi connectivity index (χ1n) is 9.80. The second kappa shape index (κ2) is 8.92. The second-order valence-corrected chi connectivity index (χ2v) is 9.15. The molecule has 1 aliphatic heterocycles. The zero-order valence-corrected chi connectivity index (χ0v) is 17.8. The SMILES string of the molecule is Cc1cc(NC(=O)c2ccco2)sc1C(=O)NC(C)CN1CC(C)CC(C)C1. The number of piperidine rings is 1. The summed E-state index contributed by atoms with van der Waals surface area (Å²) in [6.07, 6.45) is 2.73. The molecule has 3 heterocycles. The molecule has 1 fully saturated rings. The van der Waals surface area contributed by atoms with E-state index in [2.05, 4.69) is 29.4 Å². The van der Waals surface area contributed by atoms with Crippen LogP contribution < -0.4 is 10.6 Å². The number of aryl methyl sites for hydroxylation is 1. The summed E-state index contributed by atoms with van der Waals surface area (Å²) >= 11 is 1.28. The van der Waals surface area contributed by atoms with E-state index in [1.807, 2.05) is 19.9 Å². The van der Waals surface area contributed by atoms with Crippen molar-refractivity contribution in [3.05, 3.63) is 40.7 Å². The molecule has 2 aromatic rings. The minimum Gasteiger partial charge on any atom is -0.459 e. The van der Waals surface area contributed by atoms with Gasteiger partial charge in [0.1, 0.15) is 0 Å². The summed E-state index contributed by atoms with van der Waals surface area (Å²) in [6.45, 7) is 11.5. The maximum Gasteiger partial charge on any atom is 0.291 e. The van der Waals surface area contributed by atoms with Gasteiger partial charge in [0.25, 0.3) is 11.8 Å². The third-order valence-electron chi connectivity index (χ3n) is 4.96. The van der Waals surface area contributed by atoms with Crippen molar-refractivity contribution in [2.75, 3.05) is 25.0 Å². The molecule has 2 aromatic heterocycles. The molecule has 0 aliphatic carbocycles. The number of hydrogen-bond acceptors (Lipinski definition) is 5. The molecule has 6 nitrogen and oxygen atoms in total. The highest BCUT2D eigenvalue weighted by atomic mass is 32.1. The van der Waals surface area contributed by atoms with Crippen molar-refractivity contribution >= 4 is 28.2 Å². The van der Waals surface area contributed by atoms with E-state index in [-0.39, 0.29) is 23.6 Å². The molecule has 3 rings (SSSR count). The highest BCUT2D eigenvalue weighted by molar-refractivity contribution is 7.18. The smallest absolute Gasteiger partial charge is 0.291 e. The first kappa shape index (κ1) is 20.6. The van der Waals surface area contributed by atoms with Gasteiger partial charge >= 0.3 is 0 Å². The normalized spacial score (nSPS) is 21.3. The molecule has 0 bridgehead atoms. The predicted molar refractivity (Wildman–Crippen MR) is 112 cm³/mol. The fourth-order valence-corrected chi connectivity index (χ4v) is 4.98. The van der Waals surface area contributed by atoms with Crippen LogP contribution in [0.3, 0.4) is 0 Å². The number of nitrogens with zero attached hydrogens (tertiary/aromatic N) is 1. The molecule has 0 aromatic carbocycles. The van der Waals surface area contributed by atoms with E-state index in [4.69, 9.17) is 4.42 Å². The van der Waals surface area contributed by atoms with Crippen LogP contribution in [0.25, 0.3) is 0 Å². The number of thiophene rings is 1. The van der Waals surface area contributed by atoms with Crippen LogP contribution in [0.15, 0.2) is 28.9 Å². The third kappa shape index (κ3) is 5.23. The van der Waals surface area contributed by atoms with Gasteiger partial charge in [-0.3, -0.25) is 9.59 Å². The van der Waals surface area contributed by atoms with E-state index in [1.165, 1.54) is 24.0 Å². The Hall–Kier alpha value is -2.12. The van der Waals surface area contributed by atoms with Gasteiger partial charge in [0.05, 0.1) is 16.1 Å². The predicted octanol–water partition coefficient (Wildman–Crippen LogP) is 4.00. The molecule has 28 heavy (non-hydrogen) atoms. The maximum atomic E-state index is 12.7. The fraction of sp³-hybridized carbons (Fsp3) is 0.524. The van der Waals surface area contributed by atoms with E-state index >= 15 is 0 Å². The Bertz CT molecular complexity index is 805. The number of furan rings is 1. The number of likely N-dealkylation sites (tertiary alicyclic amines) is 1. The summed E-state index contributed by atoms with van der Waals surface area (Å²) in [5.74, 6) is 1.24. The van der Waals surface area contributed by atoms with E-state index in [9.17, 15) is 9.59 Å². The standard InChI is InChI=1S/C21H29N3O3S/c1-13-8-14(2)11-24(10-13)12-16(4)22-21(26)19-15(3)9-18(28-19)23-20(25)17-6-5-7-27-17/h5-7,9,13-14,16H,8,10-12H2,1-4H3,(H,22,26)(H,23,25). The molecular weight excluding hydrogens is 374 g/mol. The highest BCUT2D eigenvalue weighted by Gasteiger charge is 2.24. The summed E-state index contributed by atoms with van der Waals surface area (Å²) in [5.41, 5.74) is 0.852. The summed E-state index contributed by atoms with van der Waals surface area (Å²) in [6, 6.07) is 5.15. The van der Waals surface area contributed by atoms with Gasteiger partial charge in [0.15, 0.2) is 5.76 Å². The van der Waals surface area contributed by atoms with Crippen molar-refractivity contribution in [2.45, 2.75) is 40.2 Å². The van der Waals surface area contributed by atoms with E-state index in [0.717, 1.165) is 25.2 Å². The molecule has 1 saturated heterocycles. The summed E-state index contributed by atoms with van der Waals surface area (Å²) in [7, 11) is 0. The first-order valence-corrected chi connectivity index (χ1v) is 10.6. The molecule has 1 aliphatic rings. The Morgan fingerprint density at radius 3 is 2.64 bits per heavy atom. The van der Waals surface area contributed by atoms with Crippen molar-refractivity contribution in [3.8, 4) is 0 Å². The Morgan fingerprint density at radius 2 is 2.00 bits per heavy atom. The lowest BCUT2D eigenvalue weighted by molar-refractivity contribution is 0.0907. The van der Waals surface area contributed by atoms with Gasteiger partial charge in [0.2, 0.25) is 0 Å². The number of nitrogens with one attached hydrogen (secondary N) is 2. The van der Waals surface area contributed by atoms with Crippen molar-refractivity contribution in [1.29, 1.82) is 0 Å². The van der Waals surface area contributed by atoms with Gasteiger partial charge in [-0.15, -0.1) is 11.3 Å². The topological polar surface area (TPSA) is 74.6 Å². The van der Waals surface area contributed by atoms with Crippen LogP contribution in [0.2, 0.25) is 0 Å². The molecule has 3 unspecified atom stereocenters. The molecule has 0 radical (unpaired) electrons. The van der Waals surface area contributed by atoms with Crippen LogP contribution >= 0.6 is 11.3 Å². The van der Waals surface area contributed by atoms with Gasteiger partial charge in [-0.05, 0) is 55.9 Å². The first-order chi connectivity index (χ1) is 13.3. The monoisotopic (exact) mass is 403 g/mol. The van der Waals surface area contributed by atoms with E-state index in [0.29, 0.717) is 21.7 Å². The van der Waals surface area contributed by atoms with Gasteiger partial charge in [-0.25, -0.2) is 0 Å². The average molecular weight is 404 g/mol. The molecular formula is C21H29N3O3S. The van der Waals surface area contributed by atoms with Gasteiger partial charge in [-0.2, -0.15) is 0 Å². The summed E-state index contributed by atoms with van der Waals surface area (Å²) < 4.78 is 5.10. The third-order valence-corrected chi connectivity index (χ3v) is 6.11. The van der Waals surface area contributed by atoms with E-state index < -0.39 is 0 Å². The molecule has 2 N–H and O–H groups in total. The van der Waals surface area contributed by atoms with Crippen LogP contribution in [0.5, 0.6) is 0 Å². The minimum atomic E-state index is -0.320. The lowest BCUT2D eigenvalue weighted by atomic mass is 9.92. The average Bonchev–Trinajstić information content (AvgIpc) is 3.23. The van der Waals surface area contributed by atoms with Crippen LogP contribution in [0.4, 0.5) is 5.00 Å². The molecule has 7 heteroatoms. The Kier molecular flexibility index (Phi) is 6.57. The number of carbonyl (C=O) groups excluding carboxylic acids is 2. The van der Waals surface area contributed by atoms with Crippen molar-refractivity contribution < 1.29 is 14.0 Å². The molecule has 2 amide bonds. The Morgan fingerprint density at radius 1 is 1.29 bits per heavy atom. The number of anilines is 1. The van der Waals surface area contributed by atoms with Crippen LogP contribution in [-0.2, 0) is 0 Å². The Balaban J connectivity index is 1.56. The highest BCUT2D eigenvalue weighted by Crippen LogP contribution is 2.27. The molecule has 0 saturated carbocycles. The van der Waals surface area contributed by atoms with E-state index in [1.54, 1.807) is 12.1 Å². The van der Waals surface area contributed by atoms with Gasteiger partial charge < -0.3 is 20.0 Å². The Labute approximate surface area is 170 Å². The fourth-order valence-electron chi connectivity index (χ4n) is 4.01. The molecule has 3 atom stereocenters. The zero-order valence-electron chi connectivity index (χ0n) is 17.0. The lowest BCUT2D eigenvalue weighted by Crippen LogP contribution is -2.46.